The number of benzene rings is 1. The molecule has 1 rings (SSSR count). The minimum Gasteiger partial charge on any atom is -0.309 e. The van der Waals surface area contributed by atoms with E-state index in [-0.39, 0.29) is 0 Å². The average Bonchev–Trinajstić information content (AvgIpc) is 2.39. The van der Waals surface area contributed by atoms with Gasteiger partial charge in [0, 0.05) is 0 Å². The summed E-state index contributed by atoms with van der Waals surface area (Å²) in [7, 11) is -2.96. The van der Waals surface area contributed by atoms with Gasteiger partial charge in [-0.25, -0.2) is 0 Å². The van der Waals surface area contributed by atoms with Gasteiger partial charge in [0.15, 0.2) is 0 Å². The first-order valence-corrected chi connectivity index (χ1v) is 8.19. The molecule has 0 aliphatic carbocycles. The van der Waals surface area contributed by atoms with Crippen LogP contribution < -0.4 is 0 Å². The minimum atomic E-state index is -2.96. The van der Waals surface area contributed by atoms with Gasteiger partial charge < -0.3 is 9.05 Å². The van der Waals surface area contributed by atoms with Crippen LogP contribution in [0, 0.1) is 11.3 Å². The summed E-state index contributed by atoms with van der Waals surface area (Å²) in [6.45, 7) is 4.39. The molecule has 0 saturated carbocycles. The molecule has 0 heterocycles. The summed E-state index contributed by atoms with van der Waals surface area (Å²) in [6.07, 6.45) is 1.44. The summed E-state index contributed by atoms with van der Waals surface area (Å²) >= 11 is 0. The molecule has 0 radical (unpaired) electrons. The second kappa shape index (κ2) is 8.12. The fourth-order valence-electron chi connectivity index (χ4n) is 1.74. The molecule has 0 saturated heterocycles. The maximum absolute atomic E-state index is 12.3. The Labute approximate surface area is 114 Å². The van der Waals surface area contributed by atoms with Gasteiger partial charge in [-0.2, -0.15) is 5.26 Å². The van der Waals surface area contributed by atoms with Gasteiger partial charge in [-0.15, -0.1) is 0 Å². The largest absolute Gasteiger partial charge is 0.330 e. The molecule has 104 valence electrons. The van der Waals surface area contributed by atoms with Crippen molar-refractivity contribution in [3.05, 3.63) is 35.4 Å². The lowest BCUT2D eigenvalue weighted by atomic mass is 10.1. The van der Waals surface area contributed by atoms with Crippen molar-refractivity contribution in [2.24, 2.45) is 0 Å². The number of aryl methyl sites for hydroxylation is 1. The first kappa shape index (κ1) is 15.9. The van der Waals surface area contributed by atoms with Crippen molar-refractivity contribution >= 4 is 7.60 Å². The molecule has 0 aliphatic rings. The topological polar surface area (TPSA) is 59.3 Å². The third kappa shape index (κ3) is 5.57. The van der Waals surface area contributed by atoms with E-state index in [9.17, 15) is 4.57 Å². The zero-order valence-electron chi connectivity index (χ0n) is 11.5. The highest BCUT2D eigenvalue weighted by molar-refractivity contribution is 7.53. The second-order valence-corrected chi connectivity index (χ2v) is 6.26. The Morgan fingerprint density at radius 3 is 2.11 bits per heavy atom. The van der Waals surface area contributed by atoms with E-state index in [1.807, 2.05) is 38.1 Å². The Hall–Kier alpha value is -1.14. The Morgan fingerprint density at radius 2 is 1.63 bits per heavy atom. The van der Waals surface area contributed by atoms with E-state index in [2.05, 4.69) is 6.07 Å². The summed E-state index contributed by atoms with van der Waals surface area (Å²) in [6, 6.07) is 9.86. The smallest absolute Gasteiger partial charge is 0.309 e. The lowest BCUT2D eigenvalue weighted by Gasteiger charge is -2.16. The van der Waals surface area contributed by atoms with Gasteiger partial charge in [-0.05, 0) is 31.4 Å². The van der Waals surface area contributed by atoms with Crippen LogP contribution in [0.3, 0.4) is 0 Å². The standard InChI is InChI=1S/C14H20NO3P/c1-3-17-19(16,18-4-2)12-10-14-7-5-13(6-8-14)9-11-15/h5-8H,3-4,9-10,12H2,1-2H3. The summed E-state index contributed by atoms with van der Waals surface area (Å²) in [5.74, 6) is 0. The third-order valence-electron chi connectivity index (χ3n) is 2.63. The van der Waals surface area contributed by atoms with Crippen LogP contribution in [-0.2, 0) is 26.5 Å². The van der Waals surface area contributed by atoms with Gasteiger partial charge in [-0.3, -0.25) is 4.57 Å². The molecular weight excluding hydrogens is 261 g/mol. The molecule has 0 amide bonds. The van der Waals surface area contributed by atoms with Crippen molar-refractivity contribution in [2.45, 2.75) is 26.7 Å². The predicted molar refractivity (Wildman–Crippen MR) is 75.2 cm³/mol. The summed E-state index contributed by atoms with van der Waals surface area (Å²) in [5, 5.41) is 8.60. The quantitative estimate of drug-likeness (QED) is 0.683. The Morgan fingerprint density at radius 1 is 1.11 bits per heavy atom. The van der Waals surface area contributed by atoms with Crippen molar-refractivity contribution in [1.82, 2.24) is 0 Å². The van der Waals surface area contributed by atoms with Crippen LogP contribution in [0.25, 0.3) is 0 Å². The molecule has 19 heavy (non-hydrogen) atoms. The van der Waals surface area contributed by atoms with Crippen LogP contribution in [-0.4, -0.2) is 19.4 Å². The van der Waals surface area contributed by atoms with Crippen LogP contribution in [0.4, 0.5) is 0 Å². The van der Waals surface area contributed by atoms with Crippen LogP contribution >= 0.6 is 7.60 Å². The fraction of sp³-hybridized carbons (Fsp3) is 0.500. The summed E-state index contributed by atoms with van der Waals surface area (Å²) in [4.78, 5) is 0. The Kier molecular flexibility index (Phi) is 6.80. The highest BCUT2D eigenvalue weighted by atomic mass is 31.2. The number of rotatable bonds is 8. The first-order valence-electron chi connectivity index (χ1n) is 6.46. The predicted octanol–water partition coefficient (Wildman–Crippen LogP) is 3.56. The molecule has 0 bridgehead atoms. The van der Waals surface area contributed by atoms with Crippen molar-refractivity contribution in [3.8, 4) is 6.07 Å². The molecule has 0 spiro atoms. The summed E-state index contributed by atoms with van der Waals surface area (Å²) in [5.41, 5.74) is 2.06. The highest BCUT2D eigenvalue weighted by Crippen LogP contribution is 2.48. The Bertz CT molecular complexity index is 455. The van der Waals surface area contributed by atoms with Crippen molar-refractivity contribution in [1.29, 1.82) is 5.26 Å². The molecule has 5 heteroatoms. The van der Waals surface area contributed by atoms with E-state index in [0.717, 1.165) is 11.1 Å². The molecule has 0 fully saturated rings. The van der Waals surface area contributed by atoms with Crippen molar-refractivity contribution in [3.63, 3.8) is 0 Å². The number of nitriles is 1. The average molecular weight is 281 g/mol. The van der Waals surface area contributed by atoms with E-state index >= 15 is 0 Å². The molecular formula is C14H20NO3P. The maximum Gasteiger partial charge on any atom is 0.330 e. The molecule has 1 aromatic rings. The third-order valence-corrected chi connectivity index (χ3v) is 4.71. The molecule has 0 aliphatic heterocycles. The molecule has 0 atom stereocenters. The lowest BCUT2D eigenvalue weighted by Crippen LogP contribution is -2.02. The number of hydrogen-bond donors (Lipinski definition) is 0. The van der Waals surface area contributed by atoms with Crippen LogP contribution in [0.1, 0.15) is 25.0 Å². The monoisotopic (exact) mass is 281 g/mol. The van der Waals surface area contributed by atoms with Gasteiger partial charge in [0.25, 0.3) is 0 Å². The highest BCUT2D eigenvalue weighted by Gasteiger charge is 2.22. The van der Waals surface area contributed by atoms with Gasteiger partial charge in [0.2, 0.25) is 0 Å². The van der Waals surface area contributed by atoms with E-state index in [4.69, 9.17) is 14.3 Å². The SMILES string of the molecule is CCOP(=O)(CCc1ccc(CC#N)cc1)OCC. The van der Waals surface area contributed by atoms with Gasteiger partial charge in [-0.1, -0.05) is 24.3 Å². The second-order valence-electron chi connectivity index (χ2n) is 4.07. The zero-order valence-corrected chi connectivity index (χ0v) is 12.4. The minimum absolute atomic E-state index is 0.381. The molecule has 0 aromatic heterocycles. The molecule has 0 unspecified atom stereocenters. The summed E-state index contributed by atoms with van der Waals surface area (Å²) < 4.78 is 22.8. The Balaban J connectivity index is 2.59. The van der Waals surface area contributed by atoms with E-state index in [1.165, 1.54) is 0 Å². The van der Waals surface area contributed by atoms with Crippen molar-refractivity contribution in [2.75, 3.05) is 19.4 Å². The van der Waals surface area contributed by atoms with Crippen molar-refractivity contribution < 1.29 is 13.6 Å². The molecule has 4 nitrogen and oxygen atoms in total. The maximum atomic E-state index is 12.3. The molecule has 0 N–H and O–H groups in total. The normalized spacial score (nSPS) is 11.2. The first-order chi connectivity index (χ1) is 9.13. The van der Waals surface area contributed by atoms with E-state index in [1.54, 1.807) is 0 Å². The van der Waals surface area contributed by atoms with Gasteiger partial charge >= 0.3 is 7.60 Å². The van der Waals surface area contributed by atoms with E-state index < -0.39 is 7.60 Å². The van der Waals surface area contributed by atoms with Gasteiger partial charge in [0.1, 0.15) is 0 Å². The van der Waals surface area contributed by atoms with Crippen LogP contribution in [0.2, 0.25) is 0 Å². The molecule has 1 aromatic carbocycles. The lowest BCUT2D eigenvalue weighted by molar-refractivity contribution is 0.220. The van der Waals surface area contributed by atoms with Crippen LogP contribution in [0.15, 0.2) is 24.3 Å². The number of nitrogens with zero attached hydrogens (tertiary/aromatic N) is 1. The fourth-order valence-corrected chi connectivity index (χ4v) is 3.39. The number of hydrogen-bond acceptors (Lipinski definition) is 4. The zero-order chi connectivity index (χ0) is 14.1. The van der Waals surface area contributed by atoms with E-state index in [0.29, 0.717) is 32.2 Å². The van der Waals surface area contributed by atoms with Gasteiger partial charge in [0.05, 0.1) is 31.9 Å². The van der Waals surface area contributed by atoms with Crippen LogP contribution in [0.5, 0.6) is 0 Å².